The molecule has 1 aromatic carbocycles. The molecule has 0 aliphatic carbocycles. The van der Waals surface area contributed by atoms with Crippen molar-refractivity contribution in [2.45, 2.75) is 12.8 Å². The standard InChI is InChI=1S/C16H23ClN2O3/c1-19(8-11-22-14-4-2-13(17)3-5-14)15(20)16(12-18)6-9-21-10-7-16/h2-5H,6-12,18H2,1H3. The van der Waals surface area contributed by atoms with Crippen molar-refractivity contribution in [2.75, 3.05) is 40.0 Å². The van der Waals surface area contributed by atoms with E-state index in [0.717, 1.165) is 5.75 Å². The average Bonchev–Trinajstić information content (AvgIpc) is 2.56. The van der Waals surface area contributed by atoms with Crippen LogP contribution in [0.15, 0.2) is 24.3 Å². The summed E-state index contributed by atoms with van der Waals surface area (Å²) >= 11 is 5.82. The number of nitrogens with two attached hydrogens (primary N) is 1. The maximum absolute atomic E-state index is 12.7. The van der Waals surface area contributed by atoms with Gasteiger partial charge in [-0.05, 0) is 37.1 Å². The number of hydrogen-bond donors (Lipinski definition) is 1. The van der Waals surface area contributed by atoms with Crippen molar-refractivity contribution >= 4 is 17.5 Å². The van der Waals surface area contributed by atoms with Crippen molar-refractivity contribution in [3.05, 3.63) is 29.3 Å². The lowest BCUT2D eigenvalue weighted by molar-refractivity contribution is -0.146. The van der Waals surface area contributed by atoms with E-state index in [2.05, 4.69) is 0 Å². The molecule has 6 heteroatoms. The van der Waals surface area contributed by atoms with Gasteiger partial charge in [-0.15, -0.1) is 0 Å². The maximum atomic E-state index is 12.7. The number of nitrogens with zero attached hydrogens (tertiary/aromatic N) is 1. The monoisotopic (exact) mass is 326 g/mol. The molecule has 0 radical (unpaired) electrons. The molecule has 1 amide bonds. The van der Waals surface area contributed by atoms with Crippen LogP contribution in [0.4, 0.5) is 0 Å². The fourth-order valence-corrected chi connectivity index (χ4v) is 2.73. The molecule has 5 nitrogen and oxygen atoms in total. The predicted molar refractivity (Wildman–Crippen MR) is 86.1 cm³/mol. The van der Waals surface area contributed by atoms with Crippen molar-refractivity contribution in [2.24, 2.45) is 11.1 Å². The number of likely N-dealkylation sites (N-methyl/N-ethyl adjacent to an activating group) is 1. The number of ether oxygens (including phenoxy) is 2. The van der Waals surface area contributed by atoms with Gasteiger partial charge >= 0.3 is 0 Å². The Balaban J connectivity index is 1.84. The minimum absolute atomic E-state index is 0.0815. The Morgan fingerprint density at radius 1 is 1.36 bits per heavy atom. The topological polar surface area (TPSA) is 64.8 Å². The Bertz CT molecular complexity index is 487. The molecule has 0 unspecified atom stereocenters. The maximum Gasteiger partial charge on any atom is 0.230 e. The van der Waals surface area contributed by atoms with Crippen LogP contribution < -0.4 is 10.5 Å². The SMILES string of the molecule is CN(CCOc1ccc(Cl)cc1)C(=O)C1(CN)CCOCC1. The highest BCUT2D eigenvalue weighted by Gasteiger charge is 2.40. The zero-order valence-electron chi connectivity index (χ0n) is 12.9. The van der Waals surface area contributed by atoms with E-state index in [1.165, 1.54) is 0 Å². The minimum Gasteiger partial charge on any atom is -0.492 e. The van der Waals surface area contributed by atoms with Crippen LogP contribution in [-0.2, 0) is 9.53 Å². The number of hydrogen-bond acceptors (Lipinski definition) is 4. The van der Waals surface area contributed by atoms with Gasteiger partial charge in [0.25, 0.3) is 0 Å². The third-order valence-corrected chi connectivity index (χ3v) is 4.40. The first-order chi connectivity index (χ1) is 10.6. The Labute approximate surface area is 136 Å². The molecule has 22 heavy (non-hydrogen) atoms. The van der Waals surface area contributed by atoms with Crippen molar-refractivity contribution in [1.82, 2.24) is 4.90 Å². The number of carbonyl (C=O) groups is 1. The van der Waals surface area contributed by atoms with Gasteiger partial charge in [0.2, 0.25) is 5.91 Å². The fraction of sp³-hybridized carbons (Fsp3) is 0.562. The highest BCUT2D eigenvalue weighted by atomic mass is 35.5. The first-order valence-corrected chi connectivity index (χ1v) is 7.87. The third kappa shape index (κ3) is 4.12. The molecule has 1 aromatic rings. The van der Waals surface area contributed by atoms with E-state index in [1.54, 1.807) is 24.1 Å². The molecular weight excluding hydrogens is 304 g/mol. The predicted octanol–water partition coefficient (Wildman–Crippen LogP) is 1.93. The van der Waals surface area contributed by atoms with Gasteiger partial charge in [0.05, 0.1) is 12.0 Å². The molecule has 1 fully saturated rings. The first-order valence-electron chi connectivity index (χ1n) is 7.49. The van der Waals surface area contributed by atoms with Crippen LogP contribution in [0.1, 0.15) is 12.8 Å². The highest BCUT2D eigenvalue weighted by molar-refractivity contribution is 6.30. The highest BCUT2D eigenvalue weighted by Crippen LogP contribution is 2.31. The van der Waals surface area contributed by atoms with E-state index in [9.17, 15) is 4.79 Å². The first kappa shape index (κ1) is 17.1. The zero-order chi connectivity index (χ0) is 16.0. The Morgan fingerprint density at radius 2 is 2.00 bits per heavy atom. The molecule has 1 heterocycles. The van der Waals surface area contributed by atoms with Crippen LogP contribution in [0, 0.1) is 5.41 Å². The summed E-state index contributed by atoms with van der Waals surface area (Å²) in [6, 6.07) is 7.17. The molecule has 1 saturated heterocycles. The number of carbonyl (C=O) groups excluding carboxylic acids is 1. The van der Waals surface area contributed by atoms with E-state index in [1.807, 2.05) is 12.1 Å². The lowest BCUT2D eigenvalue weighted by atomic mass is 9.79. The van der Waals surface area contributed by atoms with Crippen LogP contribution in [0.3, 0.4) is 0 Å². The molecule has 0 spiro atoms. The summed E-state index contributed by atoms with van der Waals surface area (Å²) in [6.45, 7) is 2.50. The Kier molecular flexibility index (Phi) is 6.06. The van der Waals surface area contributed by atoms with Gasteiger partial charge in [-0.25, -0.2) is 0 Å². The Hall–Kier alpha value is -1.30. The summed E-state index contributed by atoms with van der Waals surface area (Å²) in [5, 5.41) is 0.670. The second-order valence-electron chi connectivity index (χ2n) is 5.63. The van der Waals surface area contributed by atoms with Crippen LogP contribution in [0.2, 0.25) is 5.02 Å². The molecule has 2 N–H and O–H groups in total. The largest absolute Gasteiger partial charge is 0.492 e. The van der Waals surface area contributed by atoms with Crippen molar-refractivity contribution in [1.29, 1.82) is 0 Å². The molecule has 1 aliphatic heterocycles. The molecule has 0 aromatic heterocycles. The lowest BCUT2D eigenvalue weighted by Crippen LogP contribution is -2.50. The van der Waals surface area contributed by atoms with E-state index in [0.29, 0.717) is 50.8 Å². The van der Waals surface area contributed by atoms with Gasteiger partial charge in [0.15, 0.2) is 0 Å². The van der Waals surface area contributed by atoms with E-state index in [-0.39, 0.29) is 5.91 Å². The van der Waals surface area contributed by atoms with Crippen molar-refractivity contribution < 1.29 is 14.3 Å². The quantitative estimate of drug-likeness (QED) is 0.867. The minimum atomic E-state index is -0.479. The summed E-state index contributed by atoms with van der Waals surface area (Å²) < 4.78 is 11.0. The zero-order valence-corrected chi connectivity index (χ0v) is 13.6. The molecule has 122 valence electrons. The third-order valence-electron chi connectivity index (χ3n) is 4.15. The molecule has 0 saturated carbocycles. The van der Waals surface area contributed by atoms with Gasteiger partial charge in [0, 0.05) is 31.8 Å². The number of benzene rings is 1. The van der Waals surface area contributed by atoms with Gasteiger partial charge in [-0.1, -0.05) is 11.6 Å². The van der Waals surface area contributed by atoms with Crippen LogP contribution in [-0.4, -0.2) is 50.8 Å². The van der Waals surface area contributed by atoms with E-state index >= 15 is 0 Å². The molecular formula is C16H23ClN2O3. The number of halogens is 1. The molecule has 1 aliphatic rings. The van der Waals surface area contributed by atoms with Crippen LogP contribution in [0.5, 0.6) is 5.75 Å². The van der Waals surface area contributed by atoms with E-state index < -0.39 is 5.41 Å². The van der Waals surface area contributed by atoms with Gasteiger partial charge in [0.1, 0.15) is 12.4 Å². The van der Waals surface area contributed by atoms with E-state index in [4.69, 9.17) is 26.8 Å². The van der Waals surface area contributed by atoms with Crippen molar-refractivity contribution in [3.8, 4) is 5.75 Å². The van der Waals surface area contributed by atoms with Crippen LogP contribution in [0.25, 0.3) is 0 Å². The molecule has 0 bridgehead atoms. The summed E-state index contributed by atoms with van der Waals surface area (Å²) in [6.07, 6.45) is 1.37. The van der Waals surface area contributed by atoms with Crippen LogP contribution >= 0.6 is 11.6 Å². The number of amides is 1. The van der Waals surface area contributed by atoms with Gasteiger partial charge < -0.3 is 20.1 Å². The summed E-state index contributed by atoms with van der Waals surface area (Å²) in [5.41, 5.74) is 5.39. The number of rotatable bonds is 6. The average molecular weight is 327 g/mol. The fourth-order valence-electron chi connectivity index (χ4n) is 2.61. The van der Waals surface area contributed by atoms with Gasteiger partial charge in [-0.3, -0.25) is 4.79 Å². The molecule has 2 rings (SSSR count). The van der Waals surface area contributed by atoms with Crippen molar-refractivity contribution in [3.63, 3.8) is 0 Å². The normalized spacial score (nSPS) is 17.0. The second kappa shape index (κ2) is 7.81. The molecule has 0 atom stereocenters. The lowest BCUT2D eigenvalue weighted by Gasteiger charge is -2.37. The summed E-state index contributed by atoms with van der Waals surface area (Å²) in [7, 11) is 1.79. The smallest absolute Gasteiger partial charge is 0.230 e. The summed E-state index contributed by atoms with van der Waals surface area (Å²) in [4.78, 5) is 14.4. The second-order valence-corrected chi connectivity index (χ2v) is 6.06. The summed E-state index contributed by atoms with van der Waals surface area (Å²) in [5.74, 6) is 0.822. The Morgan fingerprint density at radius 3 is 2.59 bits per heavy atom. The van der Waals surface area contributed by atoms with Gasteiger partial charge in [-0.2, -0.15) is 0 Å².